The lowest BCUT2D eigenvalue weighted by atomic mass is 10.0. The predicted octanol–water partition coefficient (Wildman–Crippen LogP) is 3.20. The number of carbonyl (C=O) groups is 1. The highest BCUT2D eigenvalue weighted by molar-refractivity contribution is 5.79. The average molecular weight is 251 g/mol. The first-order valence-electron chi connectivity index (χ1n) is 6.31. The fourth-order valence-electron chi connectivity index (χ4n) is 1.88. The molecular formula is C17H17NO. The van der Waals surface area contributed by atoms with Crippen LogP contribution in [0.15, 0.2) is 67.3 Å². The van der Waals surface area contributed by atoms with E-state index in [1.165, 1.54) is 5.56 Å². The molecule has 2 rings (SSSR count). The van der Waals surface area contributed by atoms with Gasteiger partial charge in [0.1, 0.15) is 0 Å². The van der Waals surface area contributed by atoms with E-state index in [4.69, 9.17) is 0 Å². The highest BCUT2D eigenvalue weighted by Gasteiger charge is 2.02. The van der Waals surface area contributed by atoms with Gasteiger partial charge in [0.25, 0.3) is 0 Å². The summed E-state index contributed by atoms with van der Waals surface area (Å²) in [6, 6.07) is 18.3. The summed E-state index contributed by atoms with van der Waals surface area (Å²) < 4.78 is 0. The minimum absolute atomic E-state index is 0.0207. The van der Waals surface area contributed by atoms with Gasteiger partial charge in [-0.25, -0.2) is 0 Å². The van der Waals surface area contributed by atoms with Crippen molar-refractivity contribution in [1.82, 2.24) is 5.32 Å². The van der Waals surface area contributed by atoms with Crippen LogP contribution in [0.4, 0.5) is 0 Å². The minimum atomic E-state index is 0.0207. The Bertz CT molecular complexity index is 543. The molecule has 0 saturated heterocycles. The average Bonchev–Trinajstić information content (AvgIpc) is 2.47. The fraction of sp³-hybridized carbons (Fsp3) is 0.118. The molecule has 19 heavy (non-hydrogen) atoms. The standard InChI is InChI=1S/C17H17NO/c1-2-12-18-17(19)13-14-8-10-16(11-9-14)15-6-4-3-5-7-15/h2-11H,1,12-13H2,(H,18,19). The number of hydrogen-bond donors (Lipinski definition) is 1. The summed E-state index contributed by atoms with van der Waals surface area (Å²) in [5.41, 5.74) is 3.36. The monoisotopic (exact) mass is 251 g/mol. The molecule has 0 aliphatic heterocycles. The van der Waals surface area contributed by atoms with Crippen molar-refractivity contribution >= 4 is 5.91 Å². The summed E-state index contributed by atoms with van der Waals surface area (Å²) in [6.07, 6.45) is 2.08. The summed E-state index contributed by atoms with van der Waals surface area (Å²) >= 11 is 0. The van der Waals surface area contributed by atoms with Crippen LogP contribution in [0.2, 0.25) is 0 Å². The van der Waals surface area contributed by atoms with Crippen molar-refractivity contribution in [3.8, 4) is 11.1 Å². The molecule has 0 unspecified atom stereocenters. The highest BCUT2D eigenvalue weighted by atomic mass is 16.1. The van der Waals surface area contributed by atoms with Crippen LogP contribution in [0.5, 0.6) is 0 Å². The van der Waals surface area contributed by atoms with Gasteiger partial charge in [-0.3, -0.25) is 4.79 Å². The van der Waals surface area contributed by atoms with Crippen LogP contribution in [-0.4, -0.2) is 12.5 Å². The molecule has 0 aliphatic carbocycles. The normalized spacial score (nSPS) is 9.89. The zero-order valence-electron chi connectivity index (χ0n) is 10.8. The molecular weight excluding hydrogens is 234 g/mol. The topological polar surface area (TPSA) is 29.1 Å². The lowest BCUT2D eigenvalue weighted by molar-refractivity contribution is -0.120. The summed E-state index contributed by atoms with van der Waals surface area (Å²) in [7, 11) is 0. The van der Waals surface area contributed by atoms with Crippen LogP contribution in [0.3, 0.4) is 0 Å². The Kier molecular flexibility index (Phi) is 4.51. The van der Waals surface area contributed by atoms with Gasteiger partial charge in [0.15, 0.2) is 0 Å². The van der Waals surface area contributed by atoms with Gasteiger partial charge in [-0.2, -0.15) is 0 Å². The largest absolute Gasteiger partial charge is 0.352 e. The fourth-order valence-corrected chi connectivity index (χ4v) is 1.88. The smallest absolute Gasteiger partial charge is 0.224 e. The van der Waals surface area contributed by atoms with E-state index in [2.05, 4.69) is 24.0 Å². The van der Waals surface area contributed by atoms with Gasteiger partial charge in [-0.05, 0) is 16.7 Å². The quantitative estimate of drug-likeness (QED) is 0.812. The lowest BCUT2D eigenvalue weighted by Gasteiger charge is -2.05. The minimum Gasteiger partial charge on any atom is -0.352 e. The predicted molar refractivity (Wildman–Crippen MR) is 78.8 cm³/mol. The lowest BCUT2D eigenvalue weighted by Crippen LogP contribution is -2.24. The summed E-state index contributed by atoms with van der Waals surface area (Å²) in [4.78, 5) is 11.6. The number of amides is 1. The number of benzene rings is 2. The van der Waals surface area contributed by atoms with Crippen LogP contribution in [0.1, 0.15) is 5.56 Å². The summed E-state index contributed by atoms with van der Waals surface area (Å²) in [5.74, 6) is 0.0207. The third-order valence-corrected chi connectivity index (χ3v) is 2.87. The Labute approximate surface area is 113 Å². The Morgan fingerprint density at radius 3 is 2.26 bits per heavy atom. The summed E-state index contributed by atoms with van der Waals surface area (Å²) in [5, 5.41) is 2.77. The SMILES string of the molecule is C=CCNC(=O)Cc1ccc(-c2ccccc2)cc1. The van der Waals surface area contributed by atoms with E-state index in [-0.39, 0.29) is 5.91 Å². The maximum absolute atomic E-state index is 11.6. The molecule has 1 N–H and O–H groups in total. The van der Waals surface area contributed by atoms with Gasteiger partial charge in [0.2, 0.25) is 5.91 Å². The number of nitrogens with one attached hydrogen (secondary N) is 1. The van der Waals surface area contributed by atoms with Gasteiger partial charge in [-0.15, -0.1) is 6.58 Å². The maximum atomic E-state index is 11.6. The molecule has 1 amide bonds. The molecule has 2 aromatic carbocycles. The van der Waals surface area contributed by atoms with Crippen LogP contribution >= 0.6 is 0 Å². The first-order chi connectivity index (χ1) is 9.29. The van der Waals surface area contributed by atoms with Crippen LogP contribution in [0.25, 0.3) is 11.1 Å². The second-order valence-electron chi connectivity index (χ2n) is 4.33. The van der Waals surface area contributed by atoms with Gasteiger partial charge in [-0.1, -0.05) is 60.7 Å². The van der Waals surface area contributed by atoms with Gasteiger partial charge in [0.05, 0.1) is 6.42 Å². The zero-order chi connectivity index (χ0) is 13.5. The molecule has 0 aliphatic rings. The second kappa shape index (κ2) is 6.55. The van der Waals surface area contributed by atoms with Gasteiger partial charge in [0, 0.05) is 6.54 Å². The molecule has 0 aromatic heterocycles. The molecule has 0 heterocycles. The molecule has 2 heteroatoms. The van der Waals surface area contributed by atoms with E-state index in [1.807, 2.05) is 42.5 Å². The van der Waals surface area contributed by atoms with E-state index >= 15 is 0 Å². The van der Waals surface area contributed by atoms with E-state index in [1.54, 1.807) is 6.08 Å². The maximum Gasteiger partial charge on any atom is 0.224 e. The van der Waals surface area contributed by atoms with Crippen molar-refractivity contribution in [2.75, 3.05) is 6.54 Å². The van der Waals surface area contributed by atoms with Crippen LogP contribution < -0.4 is 5.32 Å². The van der Waals surface area contributed by atoms with Gasteiger partial charge >= 0.3 is 0 Å². The number of rotatable bonds is 5. The Balaban J connectivity index is 2.03. The zero-order valence-corrected chi connectivity index (χ0v) is 10.8. The Morgan fingerprint density at radius 1 is 1.00 bits per heavy atom. The third-order valence-electron chi connectivity index (χ3n) is 2.87. The Hall–Kier alpha value is -2.35. The van der Waals surface area contributed by atoms with Crippen molar-refractivity contribution in [2.45, 2.75) is 6.42 Å². The second-order valence-corrected chi connectivity index (χ2v) is 4.33. The van der Waals surface area contributed by atoms with E-state index in [9.17, 15) is 4.79 Å². The first-order valence-corrected chi connectivity index (χ1v) is 6.31. The van der Waals surface area contributed by atoms with Crippen molar-refractivity contribution in [1.29, 1.82) is 0 Å². The molecule has 0 spiro atoms. The van der Waals surface area contributed by atoms with Crippen LogP contribution in [0, 0.1) is 0 Å². The first kappa shape index (κ1) is 13.1. The van der Waals surface area contributed by atoms with Crippen molar-refractivity contribution < 1.29 is 4.79 Å². The van der Waals surface area contributed by atoms with Crippen molar-refractivity contribution in [3.63, 3.8) is 0 Å². The highest BCUT2D eigenvalue weighted by Crippen LogP contribution is 2.19. The Morgan fingerprint density at radius 2 is 1.63 bits per heavy atom. The van der Waals surface area contributed by atoms with Gasteiger partial charge < -0.3 is 5.32 Å². The molecule has 96 valence electrons. The van der Waals surface area contributed by atoms with E-state index in [0.29, 0.717) is 13.0 Å². The molecule has 0 saturated carbocycles. The molecule has 2 nitrogen and oxygen atoms in total. The van der Waals surface area contributed by atoms with Crippen molar-refractivity contribution in [3.05, 3.63) is 72.8 Å². The third kappa shape index (κ3) is 3.81. The van der Waals surface area contributed by atoms with Crippen molar-refractivity contribution in [2.24, 2.45) is 0 Å². The van der Waals surface area contributed by atoms with E-state index in [0.717, 1.165) is 11.1 Å². The van der Waals surface area contributed by atoms with Crippen LogP contribution in [-0.2, 0) is 11.2 Å². The molecule has 0 fully saturated rings. The molecule has 0 atom stereocenters. The van der Waals surface area contributed by atoms with E-state index < -0.39 is 0 Å². The number of carbonyl (C=O) groups excluding carboxylic acids is 1. The molecule has 0 bridgehead atoms. The molecule has 2 aromatic rings. The summed E-state index contributed by atoms with van der Waals surface area (Å²) in [6.45, 7) is 4.08. The molecule has 0 radical (unpaired) electrons. The number of hydrogen-bond acceptors (Lipinski definition) is 1.